The van der Waals surface area contributed by atoms with E-state index >= 15 is 0 Å². The second-order valence-electron chi connectivity index (χ2n) is 8.31. The molecule has 0 heteroatoms. The van der Waals surface area contributed by atoms with Crippen LogP contribution in [0.25, 0.3) is 0 Å². The van der Waals surface area contributed by atoms with Gasteiger partial charge in [0, 0.05) is 0 Å². The molecule has 1 aliphatic carbocycles. The summed E-state index contributed by atoms with van der Waals surface area (Å²) < 4.78 is 0. The molecule has 0 spiro atoms. The molecule has 102 valence electrons. The molecule has 1 fully saturated rings. The fourth-order valence-electron chi connectivity index (χ4n) is 4.49. The van der Waals surface area contributed by atoms with E-state index in [1.165, 1.54) is 38.5 Å². The minimum absolute atomic E-state index is 0.433. The van der Waals surface area contributed by atoms with Gasteiger partial charge in [0.25, 0.3) is 0 Å². The van der Waals surface area contributed by atoms with Gasteiger partial charge in [0.15, 0.2) is 0 Å². The second-order valence-corrected chi connectivity index (χ2v) is 8.31. The van der Waals surface area contributed by atoms with Crippen LogP contribution < -0.4 is 0 Å². The zero-order valence-electron chi connectivity index (χ0n) is 13.3. The van der Waals surface area contributed by atoms with Crippen LogP contribution in [0.5, 0.6) is 0 Å². The Kier molecular flexibility index (Phi) is 4.37. The predicted octanol–water partition coefficient (Wildman–Crippen LogP) is 6.06. The Morgan fingerprint density at radius 1 is 0.882 bits per heavy atom. The van der Waals surface area contributed by atoms with E-state index in [9.17, 15) is 0 Å². The number of hydrogen-bond acceptors (Lipinski definition) is 0. The van der Waals surface area contributed by atoms with Crippen LogP contribution in [0.15, 0.2) is 0 Å². The molecule has 0 amide bonds. The highest BCUT2D eigenvalue weighted by Gasteiger charge is 2.51. The molecule has 0 atom stereocenters. The molecular formula is C17H34. The Balaban J connectivity index is 2.85. The maximum Gasteiger partial charge on any atom is -0.0200 e. The molecule has 0 aromatic heterocycles. The SMILES string of the molecule is CCCC1CCC(C(C)(C)C)(C(C)(C)C)CC1. The molecule has 1 rings (SSSR count). The molecule has 0 unspecified atom stereocenters. The lowest BCUT2D eigenvalue weighted by molar-refractivity contribution is -0.0747. The largest absolute Gasteiger partial charge is 0.0654 e. The Morgan fingerprint density at radius 2 is 1.29 bits per heavy atom. The molecule has 1 saturated carbocycles. The third-order valence-electron chi connectivity index (χ3n) is 5.53. The van der Waals surface area contributed by atoms with Gasteiger partial charge >= 0.3 is 0 Å². The zero-order chi connectivity index (χ0) is 13.3. The third kappa shape index (κ3) is 2.88. The molecule has 0 radical (unpaired) electrons. The normalized spacial score (nSPS) is 22.8. The fourth-order valence-corrected chi connectivity index (χ4v) is 4.49. The molecule has 0 N–H and O–H groups in total. The van der Waals surface area contributed by atoms with Crippen molar-refractivity contribution in [1.82, 2.24) is 0 Å². The first-order chi connectivity index (χ1) is 7.64. The average molecular weight is 238 g/mol. The summed E-state index contributed by atoms with van der Waals surface area (Å²) >= 11 is 0. The first-order valence-corrected chi connectivity index (χ1v) is 7.64. The highest BCUT2D eigenvalue weighted by Crippen LogP contribution is 2.60. The Labute approximate surface area is 110 Å². The van der Waals surface area contributed by atoms with Crippen LogP contribution in [0.2, 0.25) is 0 Å². The maximum atomic E-state index is 2.46. The first-order valence-electron chi connectivity index (χ1n) is 7.64. The van der Waals surface area contributed by atoms with E-state index < -0.39 is 0 Å². The van der Waals surface area contributed by atoms with E-state index in [0.29, 0.717) is 16.2 Å². The van der Waals surface area contributed by atoms with Gasteiger partial charge in [-0.1, -0.05) is 61.3 Å². The topological polar surface area (TPSA) is 0 Å². The lowest BCUT2D eigenvalue weighted by Gasteiger charge is -2.57. The van der Waals surface area contributed by atoms with Crippen LogP contribution in [0, 0.1) is 22.2 Å². The lowest BCUT2D eigenvalue weighted by atomic mass is 9.48. The molecule has 0 saturated heterocycles. The van der Waals surface area contributed by atoms with Crippen molar-refractivity contribution in [2.75, 3.05) is 0 Å². The number of hydrogen-bond donors (Lipinski definition) is 0. The van der Waals surface area contributed by atoms with Crippen molar-refractivity contribution in [2.24, 2.45) is 22.2 Å². The molecule has 0 aromatic rings. The van der Waals surface area contributed by atoms with Gasteiger partial charge in [-0.25, -0.2) is 0 Å². The number of rotatable bonds is 2. The van der Waals surface area contributed by atoms with Gasteiger partial charge in [-0.15, -0.1) is 0 Å². The van der Waals surface area contributed by atoms with Crippen LogP contribution in [-0.2, 0) is 0 Å². The van der Waals surface area contributed by atoms with Gasteiger partial charge in [0.1, 0.15) is 0 Å². The van der Waals surface area contributed by atoms with Gasteiger partial charge in [0.2, 0.25) is 0 Å². The van der Waals surface area contributed by atoms with E-state index in [0.717, 1.165) is 5.92 Å². The molecule has 0 aliphatic heterocycles. The Hall–Kier alpha value is 0. The molecule has 17 heavy (non-hydrogen) atoms. The van der Waals surface area contributed by atoms with E-state index in [1.807, 2.05) is 0 Å². The smallest absolute Gasteiger partial charge is 0.0200 e. The Bertz CT molecular complexity index is 212. The standard InChI is InChI=1S/C17H34/c1-8-9-14-10-12-17(13-11-14,15(2,3)4)16(5,6)7/h14H,8-13H2,1-7H3. The van der Waals surface area contributed by atoms with E-state index in [2.05, 4.69) is 48.5 Å². The van der Waals surface area contributed by atoms with Crippen LogP contribution in [0.1, 0.15) is 87.0 Å². The predicted molar refractivity (Wildman–Crippen MR) is 78.2 cm³/mol. The zero-order valence-corrected chi connectivity index (χ0v) is 13.3. The molecular weight excluding hydrogens is 204 g/mol. The van der Waals surface area contributed by atoms with E-state index in [1.54, 1.807) is 0 Å². The summed E-state index contributed by atoms with van der Waals surface area (Å²) in [6, 6.07) is 0. The van der Waals surface area contributed by atoms with Gasteiger partial charge in [-0.05, 0) is 47.8 Å². The molecule has 0 aromatic carbocycles. The maximum absolute atomic E-state index is 2.46. The van der Waals surface area contributed by atoms with Crippen LogP contribution >= 0.6 is 0 Å². The summed E-state index contributed by atoms with van der Waals surface area (Å²) in [7, 11) is 0. The highest BCUT2D eigenvalue weighted by atomic mass is 14.6. The highest BCUT2D eigenvalue weighted by molar-refractivity contribution is 5.00. The fraction of sp³-hybridized carbons (Fsp3) is 1.00. The molecule has 1 aliphatic rings. The van der Waals surface area contributed by atoms with Crippen molar-refractivity contribution in [3.63, 3.8) is 0 Å². The summed E-state index contributed by atoms with van der Waals surface area (Å²) in [5, 5.41) is 0. The van der Waals surface area contributed by atoms with Crippen LogP contribution in [0.3, 0.4) is 0 Å². The van der Waals surface area contributed by atoms with Gasteiger partial charge in [-0.3, -0.25) is 0 Å². The molecule has 0 nitrogen and oxygen atoms in total. The average Bonchev–Trinajstić information content (AvgIpc) is 2.15. The quantitative estimate of drug-likeness (QED) is 0.549. The minimum Gasteiger partial charge on any atom is -0.0654 e. The monoisotopic (exact) mass is 238 g/mol. The van der Waals surface area contributed by atoms with Crippen LogP contribution in [0.4, 0.5) is 0 Å². The summed E-state index contributed by atoms with van der Waals surface area (Å²) in [6.45, 7) is 17.1. The third-order valence-corrected chi connectivity index (χ3v) is 5.53. The minimum atomic E-state index is 0.433. The Morgan fingerprint density at radius 3 is 1.59 bits per heavy atom. The molecule has 0 bridgehead atoms. The summed E-state index contributed by atoms with van der Waals surface area (Å²) in [6.07, 6.45) is 8.60. The van der Waals surface area contributed by atoms with Crippen molar-refractivity contribution in [2.45, 2.75) is 87.0 Å². The van der Waals surface area contributed by atoms with Crippen LogP contribution in [-0.4, -0.2) is 0 Å². The van der Waals surface area contributed by atoms with Crippen molar-refractivity contribution in [3.8, 4) is 0 Å². The molecule has 0 heterocycles. The van der Waals surface area contributed by atoms with Gasteiger partial charge < -0.3 is 0 Å². The van der Waals surface area contributed by atoms with Crippen molar-refractivity contribution >= 4 is 0 Å². The van der Waals surface area contributed by atoms with Crippen molar-refractivity contribution in [1.29, 1.82) is 0 Å². The van der Waals surface area contributed by atoms with Crippen molar-refractivity contribution < 1.29 is 0 Å². The summed E-state index contributed by atoms with van der Waals surface area (Å²) in [5.74, 6) is 1.01. The van der Waals surface area contributed by atoms with Gasteiger partial charge in [0.05, 0.1) is 0 Å². The summed E-state index contributed by atoms with van der Waals surface area (Å²) in [4.78, 5) is 0. The van der Waals surface area contributed by atoms with E-state index in [-0.39, 0.29) is 0 Å². The van der Waals surface area contributed by atoms with E-state index in [4.69, 9.17) is 0 Å². The summed E-state index contributed by atoms with van der Waals surface area (Å²) in [5.41, 5.74) is 1.40. The first kappa shape index (κ1) is 15.1. The van der Waals surface area contributed by atoms with Gasteiger partial charge in [-0.2, -0.15) is 0 Å². The lowest BCUT2D eigenvalue weighted by Crippen LogP contribution is -2.48. The second kappa shape index (κ2) is 4.94. The van der Waals surface area contributed by atoms with Crippen molar-refractivity contribution in [3.05, 3.63) is 0 Å².